The zero-order chi connectivity index (χ0) is 17.9. The van der Waals surface area contributed by atoms with Crippen LogP contribution in [0.5, 0.6) is 0 Å². The second-order valence-electron chi connectivity index (χ2n) is 6.06. The summed E-state index contributed by atoms with van der Waals surface area (Å²) in [5, 5.41) is 15.7. The van der Waals surface area contributed by atoms with E-state index < -0.39 is 17.8 Å². The van der Waals surface area contributed by atoms with Gasteiger partial charge in [-0.05, 0) is 24.5 Å². The van der Waals surface area contributed by atoms with Gasteiger partial charge >= 0.3 is 5.97 Å². The minimum Gasteiger partial charge on any atom is -0.481 e. The zero-order valence-corrected chi connectivity index (χ0v) is 14.3. The first-order valence-corrected chi connectivity index (χ1v) is 7.85. The van der Waals surface area contributed by atoms with Gasteiger partial charge in [0.25, 0.3) is 5.91 Å². The summed E-state index contributed by atoms with van der Waals surface area (Å²) in [5.41, 5.74) is 1.99. The molecular weight excluding hydrogens is 308 g/mol. The van der Waals surface area contributed by atoms with Gasteiger partial charge < -0.3 is 10.4 Å². The number of aryl methyl sites for hydroxylation is 1. The molecule has 0 spiro atoms. The van der Waals surface area contributed by atoms with E-state index in [0.29, 0.717) is 11.7 Å². The van der Waals surface area contributed by atoms with Gasteiger partial charge in [-0.2, -0.15) is 0 Å². The van der Waals surface area contributed by atoms with Crippen LogP contribution >= 0.6 is 0 Å². The van der Waals surface area contributed by atoms with Gasteiger partial charge in [-0.1, -0.05) is 39.0 Å². The van der Waals surface area contributed by atoms with Crippen LogP contribution in [0.2, 0.25) is 0 Å². The Balaban J connectivity index is 2.25. The lowest BCUT2D eigenvalue weighted by Crippen LogP contribution is -2.32. The molecule has 24 heavy (non-hydrogen) atoms. The van der Waals surface area contributed by atoms with Gasteiger partial charge in [0.2, 0.25) is 5.82 Å². The molecule has 0 aliphatic rings. The largest absolute Gasteiger partial charge is 0.481 e. The maximum atomic E-state index is 12.1. The molecule has 0 aliphatic carbocycles. The van der Waals surface area contributed by atoms with Crippen LogP contribution in [0.3, 0.4) is 0 Å². The molecule has 1 amide bonds. The van der Waals surface area contributed by atoms with Crippen molar-refractivity contribution in [1.82, 2.24) is 20.1 Å². The Morgan fingerprint density at radius 3 is 2.54 bits per heavy atom. The van der Waals surface area contributed by atoms with Crippen LogP contribution in [0.1, 0.15) is 48.7 Å². The highest BCUT2D eigenvalue weighted by atomic mass is 16.4. The number of carboxylic acids is 1. The SMILES string of the molecule is Cc1nc(C(=O)NCC(C)C(=O)O)nn1-c1ccccc1C(C)C. The Morgan fingerprint density at radius 1 is 1.25 bits per heavy atom. The summed E-state index contributed by atoms with van der Waals surface area (Å²) in [4.78, 5) is 27.2. The monoisotopic (exact) mass is 330 g/mol. The van der Waals surface area contributed by atoms with Gasteiger partial charge in [0, 0.05) is 6.54 Å². The van der Waals surface area contributed by atoms with Gasteiger partial charge in [0.1, 0.15) is 5.82 Å². The number of carboxylic acid groups (broad SMARTS) is 1. The predicted octanol–water partition coefficient (Wildman–Crippen LogP) is 2.15. The normalized spacial score (nSPS) is 12.2. The summed E-state index contributed by atoms with van der Waals surface area (Å²) in [6.07, 6.45) is 0. The standard InChI is InChI=1S/C17H22N4O3/c1-10(2)13-7-5-6-8-14(13)21-12(4)19-15(20-21)16(22)18-9-11(3)17(23)24/h5-8,10-11H,9H2,1-4H3,(H,18,22)(H,23,24). The number of hydrogen-bond donors (Lipinski definition) is 2. The van der Waals surface area contributed by atoms with E-state index in [0.717, 1.165) is 11.3 Å². The number of rotatable bonds is 6. The van der Waals surface area contributed by atoms with Crippen molar-refractivity contribution in [3.8, 4) is 5.69 Å². The third kappa shape index (κ3) is 3.79. The Hall–Kier alpha value is -2.70. The van der Waals surface area contributed by atoms with E-state index in [9.17, 15) is 9.59 Å². The lowest BCUT2D eigenvalue weighted by atomic mass is 10.0. The third-order valence-electron chi connectivity index (χ3n) is 3.75. The molecule has 1 unspecified atom stereocenters. The molecule has 2 aromatic rings. The molecule has 7 nitrogen and oxygen atoms in total. The number of nitrogens with zero attached hydrogens (tertiary/aromatic N) is 3. The molecule has 0 saturated heterocycles. The lowest BCUT2D eigenvalue weighted by Gasteiger charge is -2.12. The first-order valence-electron chi connectivity index (χ1n) is 7.85. The van der Waals surface area contributed by atoms with Gasteiger partial charge in [-0.3, -0.25) is 9.59 Å². The third-order valence-corrected chi connectivity index (χ3v) is 3.75. The molecule has 7 heteroatoms. The number of carbonyl (C=O) groups excluding carboxylic acids is 1. The van der Waals surface area contributed by atoms with Crippen LogP contribution in [0.4, 0.5) is 0 Å². The van der Waals surface area contributed by atoms with E-state index in [1.54, 1.807) is 11.6 Å². The molecule has 1 aromatic carbocycles. The van der Waals surface area contributed by atoms with Crippen LogP contribution in [0.25, 0.3) is 5.69 Å². The Bertz CT molecular complexity index is 752. The molecule has 0 aliphatic heterocycles. The van der Waals surface area contributed by atoms with E-state index in [4.69, 9.17) is 5.11 Å². The number of aromatic nitrogens is 3. The molecule has 1 atom stereocenters. The highest BCUT2D eigenvalue weighted by Crippen LogP contribution is 2.23. The maximum absolute atomic E-state index is 12.1. The maximum Gasteiger partial charge on any atom is 0.308 e. The van der Waals surface area contributed by atoms with Crippen molar-refractivity contribution in [2.75, 3.05) is 6.54 Å². The molecule has 0 fully saturated rings. The summed E-state index contributed by atoms with van der Waals surface area (Å²) < 4.78 is 1.64. The van der Waals surface area contributed by atoms with Crippen molar-refractivity contribution in [3.05, 3.63) is 41.5 Å². The summed E-state index contributed by atoms with van der Waals surface area (Å²) in [6, 6.07) is 7.84. The minimum atomic E-state index is -0.962. The topological polar surface area (TPSA) is 97.1 Å². The van der Waals surface area contributed by atoms with E-state index in [-0.39, 0.29) is 12.4 Å². The fraction of sp³-hybridized carbons (Fsp3) is 0.412. The van der Waals surface area contributed by atoms with Crippen molar-refractivity contribution in [2.24, 2.45) is 5.92 Å². The average molecular weight is 330 g/mol. The fourth-order valence-corrected chi connectivity index (χ4v) is 2.30. The highest BCUT2D eigenvalue weighted by Gasteiger charge is 2.19. The second kappa shape index (κ2) is 7.25. The van der Waals surface area contributed by atoms with Gasteiger partial charge in [0.15, 0.2) is 0 Å². The second-order valence-corrected chi connectivity index (χ2v) is 6.06. The summed E-state index contributed by atoms with van der Waals surface area (Å²) in [6.45, 7) is 7.52. The Kier molecular flexibility index (Phi) is 5.33. The van der Waals surface area contributed by atoms with Gasteiger partial charge in [-0.15, -0.1) is 5.10 Å². The van der Waals surface area contributed by atoms with Gasteiger partial charge in [-0.25, -0.2) is 9.67 Å². The van der Waals surface area contributed by atoms with Crippen LogP contribution < -0.4 is 5.32 Å². The number of nitrogens with one attached hydrogen (secondary N) is 1. The van der Waals surface area contributed by atoms with E-state index in [2.05, 4.69) is 29.2 Å². The zero-order valence-electron chi connectivity index (χ0n) is 14.3. The first kappa shape index (κ1) is 17.7. The van der Waals surface area contributed by atoms with Crippen molar-refractivity contribution in [2.45, 2.75) is 33.6 Å². The summed E-state index contributed by atoms with van der Waals surface area (Å²) in [7, 11) is 0. The number of carbonyl (C=O) groups is 2. The predicted molar refractivity (Wildman–Crippen MR) is 89.3 cm³/mol. The molecule has 0 saturated carbocycles. The molecule has 1 aromatic heterocycles. The van der Waals surface area contributed by atoms with Crippen molar-refractivity contribution in [1.29, 1.82) is 0 Å². The quantitative estimate of drug-likeness (QED) is 0.846. The number of benzene rings is 1. The van der Waals surface area contributed by atoms with Crippen molar-refractivity contribution in [3.63, 3.8) is 0 Å². The van der Waals surface area contributed by atoms with Crippen molar-refractivity contribution < 1.29 is 14.7 Å². The molecular formula is C17H22N4O3. The van der Waals surface area contributed by atoms with Crippen LogP contribution in [0.15, 0.2) is 24.3 Å². The molecule has 1 heterocycles. The molecule has 128 valence electrons. The minimum absolute atomic E-state index is 0.0312. The number of amides is 1. The Morgan fingerprint density at radius 2 is 1.92 bits per heavy atom. The van der Waals surface area contributed by atoms with Crippen LogP contribution in [-0.2, 0) is 4.79 Å². The average Bonchev–Trinajstić information content (AvgIpc) is 2.93. The van der Waals surface area contributed by atoms with Crippen LogP contribution in [0, 0.1) is 12.8 Å². The summed E-state index contributed by atoms with van der Waals surface area (Å²) >= 11 is 0. The van der Waals surface area contributed by atoms with Gasteiger partial charge in [0.05, 0.1) is 11.6 Å². The van der Waals surface area contributed by atoms with E-state index >= 15 is 0 Å². The first-order chi connectivity index (χ1) is 11.3. The Labute approximate surface area is 140 Å². The van der Waals surface area contributed by atoms with Crippen molar-refractivity contribution >= 4 is 11.9 Å². The van der Waals surface area contributed by atoms with E-state index in [1.165, 1.54) is 6.92 Å². The molecule has 0 bridgehead atoms. The highest BCUT2D eigenvalue weighted by molar-refractivity contribution is 5.90. The molecule has 2 rings (SSSR count). The summed E-state index contributed by atoms with van der Waals surface area (Å²) in [5.74, 6) is -1.18. The number of para-hydroxylation sites is 1. The number of aliphatic carboxylic acids is 1. The number of hydrogen-bond acceptors (Lipinski definition) is 4. The molecule has 2 N–H and O–H groups in total. The van der Waals surface area contributed by atoms with Crippen LogP contribution in [-0.4, -0.2) is 38.3 Å². The fourth-order valence-electron chi connectivity index (χ4n) is 2.30. The smallest absolute Gasteiger partial charge is 0.308 e. The van der Waals surface area contributed by atoms with E-state index in [1.807, 2.05) is 24.3 Å². The molecule has 0 radical (unpaired) electrons. The lowest BCUT2D eigenvalue weighted by molar-refractivity contribution is -0.140.